The normalized spacial score (nSPS) is 12.9. The van der Waals surface area contributed by atoms with Crippen molar-refractivity contribution >= 4 is 17.7 Å². The molecule has 7 nitrogen and oxygen atoms in total. The average molecular weight is 328 g/mol. The second-order valence-electron chi connectivity index (χ2n) is 5.39. The summed E-state index contributed by atoms with van der Waals surface area (Å²) >= 11 is 0. The highest BCUT2D eigenvalue weighted by atomic mass is 16.5. The minimum absolute atomic E-state index is 0.0344. The van der Waals surface area contributed by atoms with Crippen LogP contribution >= 0.6 is 0 Å². The number of carbonyl (C=O) groups excluding carboxylic acids is 2. The van der Waals surface area contributed by atoms with E-state index in [2.05, 4.69) is 15.3 Å². The first kappa shape index (κ1) is 17.4. The molecule has 0 unspecified atom stereocenters. The highest BCUT2D eigenvalue weighted by Crippen LogP contribution is 2.13. The number of amides is 1. The molecule has 0 fully saturated rings. The van der Waals surface area contributed by atoms with E-state index in [-0.39, 0.29) is 23.3 Å². The Balaban J connectivity index is 1.86. The van der Waals surface area contributed by atoms with Crippen molar-refractivity contribution in [3.8, 4) is 0 Å². The zero-order valence-corrected chi connectivity index (χ0v) is 13.6. The predicted octanol–water partition coefficient (Wildman–Crippen LogP) is 1.52. The Morgan fingerprint density at radius 1 is 1.17 bits per heavy atom. The van der Waals surface area contributed by atoms with Gasteiger partial charge in [-0.15, -0.1) is 0 Å². The Kier molecular flexibility index (Phi) is 5.83. The molecule has 0 aliphatic heterocycles. The van der Waals surface area contributed by atoms with Gasteiger partial charge >= 0.3 is 5.97 Å². The zero-order valence-electron chi connectivity index (χ0n) is 13.6. The van der Waals surface area contributed by atoms with E-state index in [1.54, 1.807) is 0 Å². The largest absolute Gasteiger partial charge is 0.448 e. The molecule has 24 heavy (non-hydrogen) atoms. The van der Waals surface area contributed by atoms with E-state index in [0.717, 1.165) is 5.56 Å². The first-order valence-corrected chi connectivity index (χ1v) is 7.59. The van der Waals surface area contributed by atoms with Crippen LogP contribution in [0.15, 0.2) is 42.7 Å². The average Bonchev–Trinajstić information content (AvgIpc) is 2.60. The van der Waals surface area contributed by atoms with Gasteiger partial charge < -0.3 is 15.8 Å². The standard InChI is InChI=1S/C17H20N4O3/c1-11(13-6-4-3-5-7-13)10-21-16(22)12(2)24-17(23)14-15(18)20-9-8-19-14/h3-9,11-12H,10H2,1-2H3,(H2,18,20)(H,21,22)/t11-,12+/m0/s1. The van der Waals surface area contributed by atoms with Crippen molar-refractivity contribution in [3.05, 3.63) is 54.0 Å². The Hall–Kier alpha value is -2.96. The number of nitrogens with zero attached hydrogens (tertiary/aromatic N) is 2. The number of aromatic nitrogens is 2. The molecule has 0 bridgehead atoms. The summed E-state index contributed by atoms with van der Waals surface area (Å²) in [5.41, 5.74) is 6.58. The van der Waals surface area contributed by atoms with Crippen LogP contribution < -0.4 is 11.1 Å². The van der Waals surface area contributed by atoms with E-state index in [1.165, 1.54) is 19.3 Å². The third-order valence-corrected chi connectivity index (χ3v) is 3.52. The molecular formula is C17H20N4O3. The number of carbonyl (C=O) groups is 2. The van der Waals surface area contributed by atoms with Gasteiger partial charge in [-0.1, -0.05) is 37.3 Å². The highest BCUT2D eigenvalue weighted by Gasteiger charge is 2.22. The highest BCUT2D eigenvalue weighted by molar-refractivity contribution is 5.93. The number of nitrogens with two attached hydrogens (primary N) is 1. The van der Waals surface area contributed by atoms with Crippen LogP contribution in [0.25, 0.3) is 0 Å². The van der Waals surface area contributed by atoms with Crippen LogP contribution in [0.5, 0.6) is 0 Å². The lowest BCUT2D eigenvalue weighted by Crippen LogP contribution is -2.37. The first-order valence-electron chi connectivity index (χ1n) is 7.59. The van der Waals surface area contributed by atoms with Crippen LogP contribution in [0.3, 0.4) is 0 Å². The number of anilines is 1. The molecule has 126 valence electrons. The fraction of sp³-hybridized carbons (Fsp3) is 0.294. The number of hydrogen-bond donors (Lipinski definition) is 2. The van der Waals surface area contributed by atoms with E-state index < -0.39 is 12.1 Å². The van der Waals surface area contributed by atoms with E-state index in [4.69, 9.17) is 10.5 Å². The van der Waals surface area contributed by atoms with Crippen LogP contribution in [0.4, 0.5) is 5.82 Å². The monoisotopic (exact) mass is 328 g/mol. The smallest absolute Gasteiger partial charge is 0.361 e. The van der Waals surface area contributed by atoms with Crippen LogP contribution in [0.2, 0.25) is 0 Å². The molecule has 1 aromatic heterocycles. The van der Waals surface area contributed by atoms with Gasteiger partial charge in [0, 0.05) is 18.9 Å². The molecule has 3 N–H and O–H groups in total. The van der Waals surface area contributed by atoms with Crippen LogP contribution in [-0.2, 0) is 9.53 Å². The van der Waals surface area contributed by atoms with E-state index in [0.29, 0.717) is 6.54 Å². The van der Waals surface area contributed by atoms with Crippen molar-refractivity contribution in [1.29, 1.82) is 0 Å². The number of nitrogens with one attached hydrogen (secondary N) is 1. The van der Waals surface area contributed by atoms with Gasteiger partial charge in [0.1, 0.15) is 0 Å². The molecule has 1 amide bonds. The number of benzene rings is 1. The van der Waals surface area contributed by atoms with Crippen molar-refractivity contribution in [2.45, 2.75) is 25.9 Å². The molecule has 1 heterocycles. The summed E-state index contributed by atoms with van der Waals surface area (Å²) in [6.45, 7) is 3.94. The minimum atomic E-state index is -0.957. The van der Waals surface area contributed by atoms with E-state index in [9.17, 15) is 9.59 Å². The summed E-state index contributed by atoms with van der Waals surface area (Å²) in [6, 6.07) is 9.83. The molecule has 0 aliphatic rings. The van der Waals surface area contributed by atoms with Crippen LogP contribution in [0.1, 0.15) is 35.8 Å². The van der Waals surface area contributed by atoms with Gasteiger partial charge in [-0.25, -0.2) is 14.8 Å². The molecule has 2 rings (SSSR count). The first-order chi connectivity index (χ1) is 11.5. The lowest BCUT2D eigenvalue weighted by atomic mass is 10.0. The fourth-order valence-corrected chi connectivity index (χ4v) is 2.07. The molecule has 2 aromatic rings. The Morgan fingerprint density at radius 2 is 1.83 bits per heavy atom. The maximum atomic E-state index is 12.1. The number of nitrogen functional groups attached to an aromatic ring is 1. The Labute approximate surface area is 140 Å². The Morgan fingerprint density at radius 3 is 2.50 bits per heavy atom. The summed E-state index contributed by atoms with van der Waals surface area (Å²) in [5.74, 6) is -1.05. The van der Waals surface area contributed by atoms with E-state index in [1.807, 2.05) is 37.3 Å². The molecule has 0 spiro atoms. The molecule has 0 saturated heterocycles. The third kappa shape index (κ3) is 4.52. The van der Waals surface area contributed by atoms with Crippen molar-refractivity contribution in [2.75, 3.05) is 12.3 Å². The van der Waals surface area contributed by atoms with Gasteiger partial charge in [0.25, 0.3) is 5.91 Å². The number of esters is 1. The van der Waals surface area contributed by atoms with Crippen molar-refractivity contribution < 1.29 is 14.3 Å². The quantitative estimate of drug-likeness (QED) is 0.779. The summed E-state index contributed by atoms with van der Waals surface area (Å²) in [5, 5.41) is 2.77. The SMILES string of the molecule is C[C@@H](OC(=O)c1nccnc1N)C(=O)NC[C@H](C)c1ccccc1. The van der Waals surface area contributed by atoms with Gasteiger partial charge in [0.15, 0.2) is 17.6 Å². The van der Waals surface area contributed by atoms with Gasteiger partial charge in [0.2, 0.25) is 0 Å². The lowest BCUT2D eigenvalue weighted by Gasteiger charge is -2.16. The number of ether oxygens (including phenoxy) is 1. The molecule has 0 saturated carbocycles. The minimum Gasteiger partial charge on any atom is -0.448 e. The molecular weight excluding hydrogens is 308 g/mol. The summed E-state index contributed by atoms with van der Waals surface area (Å²) in [4.78, 5) is 31.6. The second kappa shape index (κ2) is 8.05. The van der Waals surface area contributed by atoms with Gasteiger partial charge in [-0.3, -0.25) is 4.79 Å². The van der Waals surface area contributed by atoms with Gasteiger partial charge in [0.05, 0.1) is 0 Å². The van der Waals surface area contributed by atoms with Crippen molar-refractivity contribution in [1.82, 2.24) is 15.3 Å². The maximum absolute atomic E-state index is 12.1. The summed E-state index contributed by atoms with van der Waals surface area (Å²) < 4.78 is 5.08. The molecule has 0 aliphatic carbocycles. The van der Waals surface area contributed by atoms with Gasteiger partial charge in [-0.2, -0.15) is 0 Å². The number of hydrogen-bond acceptors (Lipinski definition) is 6. The molecule has 7 heteroatoms. The zero-order chi connectivity index (χ0) is 17.5. The topological polar surface area (TPSA) is 107 Å². The Bertz CT molecular complexity index is 706. The molecule has 0 radical (unpaired) electrons. The lowest BCUT2D eigenvalue weighted by molar-refractivity contribution is -0.129. The maximum Gasteiger partial charge on any atom is 0.361 e. The van der Waals surface area contributed by atoms with Crippen molar-refractivity contribution in [2.24, 2.45) is 0 Å². The van der Waals surface area contributed by atoms with Crippen molar-refractivity contribution in [3.63, 3.8) is 0 Å². The van der Waals surface area contributed by atoms with Crippen LogP contribution in [-0.4, -0.2) is 34.5 Å². The number of rotatable bonds is 6. The summed E-state index contributed by atoms with van der Waals surface area (Å²) in [6.07, 6.45) is 1.74. The predicted molar refractivity (Wildman–Crippen MR) is 89.2 cm³/mol. The fourth-order valence-electron chi connectivity index (χ4n) is 2.07. The van der Waals surface area contributed by atoms with Gasteiger partial charge in [-0.05, 0) is 18.4 Å². The molecule has 1 aromatic carbocycles. The third-order valence-electron chi connectivity index (χ3n) is 3.52. The molecule has 2 atom stereocenters. The van der Waals surface area contributed by atoms with Crippen LogP contribution in [0, 0.1) is 0 Å². The second-order valence-corrected chi connectivity index (χ2v) is 5.39. The van der Waals surface area contributed by atoms with E-state index >= 15 is 0 Å². The summed E-state index contributed by atoms with van der Waals surface area (Å²) in [7, 11) is 0.